The SMILES string of the molecule is C[C@H](OS(C)(=O)=O)c1cccc([C@H](C)OS(C)(=O)=O)n1. The molecule has 114 valence electrons. The summed E-state index contributed by atoms with van der Waals surface area (Å²) in [6, 6.07) is 4.81. The van der Waals surface area contributed by atoms with Crippen LogP contribution in [0.2, 0.25) is 0 Å². The Hall–Kier alpha value is -1.03. The van der Waals surface area contributed by atoms with Crippen LogP contribution in [0.4, 0.5) is 0 Å². The number of nitrogens with zero attached hydrogens (tertiary/aromatic N) is 1. The third-order valence-electron chi connectivity index (χ3n) is 2.26. The molecule has 0 N–H and O–H groups in total. The minimum atomic E-state index is -3.60. The average molecular weight is 323 g/mol. The van der Waals surface area contributed by atoms with Crippen molar-refractivity contribution in [3.63, 3.8) is 0 Å². The summed E-state index contributed by atoms with van der Waals surface area (Å²) >= 11 is 0. The second-order valence-electron chi connectivity index (χ2n) is 4.37. The summed E-state index contributed by atoms with van der Waals surface area (Å²) in [5.74, 6) is 0. The Morgan fingerprint density at radius 3 is 1.55 bits per heavy atom. The quantitative estimate of drug-likeness (QED) is 0.724. The van der Waals surface area contributed by atoms with E-state index in [2.05, 4.69) is 4.98 Å². The first-order valence-corrected chi connectivity index (χ1v) is 9.34. The normalized spacial score (nSPS) is 15.8. The minimum absolute atomic E-state index is 0.372. The van der Waals surface area contributed by atoms with Crippen molar-refractivity contribution in [2.45, 2.75) is 26.1 Å². The van der Waals surface area contributed by atoms with Crippen LogP contribution in [0.3, 0.4) is 0 Å². The molecule has 9 heteroatoms. The highest BCUT2D eigenvalue weighted by Gasteiger charge is 2.18. The van der Waals surface area contributed by atoms with Gasteiger partial charge in [-0.1, -0.05) is 6.07 Å². The molecule has 0 aromatic carbocycles. The van der Waals surface area contributed by atoms with Crippen LogP contribution in [0.25, 0.3) is 0 Å². The number of hydrogen-bond donors (Lipinski definition) is 0. The number of rotatable bonds is 6. The fraction of sp³-hybridized carbons (Fsp3) is 0.545. The second-order valence-corrected chi connectivity index (χ2v) is 7.57. The first-order valence-electron chi connectivity index (χ1n) is 5.71. The lowest BCUT2D eigenvalue weighted by atomic mass is 10.2. The fourth-order valence-corrected chi connectivity index (χ4v) is 2.79. The summed E-state index contributed by atoms with van der Waals surface area (Å²) in [5, 5.41) is 0. The molecule has 0 spiro atoms. The summed E-state index contributed by atoms with van der Waals surface area (Å²) in [5.41, 5.74) is 0.744. The van der Waals surface area contributed by atoms with Crippen LogP contribution in [0, 0.1) is 0 Å². The van der Waals surface area contributed by atoms with Gasteiger partial charge >= 0.3 is 0 Å². The van der Waals surface area contributed by atoms with Crippen LogP contribution in [-0.2, 0) is 28.6 Å². The first kappa shape index (κ1) is 17.0. The zero-order valence-corrected chi connectivity index (χ0v) is 13.2. The molecule has 0 aliphatic rings. The van der Waals surface area contributed by atoms with E-state index >= 15 is 0 Å². The highest BCUT2D eigenvalue weighted by Crippen LogP contribution is 2.21. The Bertz CT molecular complexity index is 613. The van der Waals surface area contributed by atoms with E-state index in [-0.39, 0.29) is 0 Å². The van der Waals surface area contributed by atoms with E-state index in [1.54, 1.807) is 18.2 Å². The molecule has 1 aromatic heterocycles. The lowest BCUT2D eigenvalue weighted by Crippen LogP contribution is -2.12. The topological polar surface area (TPSA) is 99.6 Å². The lowest BCUT2D eigenvalue weighted by molar-refractivity contribution is 0.221. The van der Waals surface area contributed by atoms with Crippen LogP contribution in [-0.4, -0.2) is 34.3 Å². The highest BCUT2D eigenvalue weighted by atomic mass is 32.2. The van der Waals surface area contributed by atoms with E-state index in [1.165, 1.54) is 13.8 Å². The summed E-state index contributed by atoms with van der Waals surface area (Å²) in [7, 11) is -7.20. The van der Waals surface area contributed by atoms with Gasteiger partial charge in [-0.05, 0) is 26.0 Å². The molecular formula is C11H17NO6S2. The molecule has 0 aliphatic carbocycles. The van der Waals surface area contributed by atoms with Crippen LogP contribution in [0.15, 0.2) is 18.2 Å². The largest absolute Gasteiger partial charge is 0.265 e. The van der Waals surface area contributed by atoms with Crippen LogP contribution in [0.5, 0.6) is 0 Å². The number of pyridine rings is 1. The molecule has 0 unspecified atom stereocenters. The van der Waals surface area contributed by atoms with Gasteiger partial charge < -0.3 is 0 Å². The summed E-state index contributed by atoms with van der Waals surface area (Å²) in [6.07, 6.45) is 0.358. The molecule has 1 aromatic rings. The van der Waals surface area contributed by atoms with E-state index in [4.69, 9.17) is 8.37 Å². The molecule has 2 atom stereocenters. The molecule has 1 rings (SSSR count). The van der Waals surface area contributed by atoms with Crippen molar-refractivity contribution in [3.8, 4) is 0 Å². The van der Waals surface area contributed by atoms with Crippen molar-refractivity contribution in [2.75, 3.05) is 12.5 Å². The van der Waals surface area contributed by atoms with E-state index < -0.39 is 32.4 Å². The Labute approximate surface area is 119 Å². The van der Waals surface area contributed by atoms with Gasteiger partial charge in [-0.25, -0.2) is 0 Å². The predicted molar refractivity (Wildman–Crippen MR) is 72.9 cm³/mol. The fourth-order valence-electron chi connectivity index (χ4n) is 1.54. The Morgan fingerprint density at radius 2 is 1.25 bits per heavy atom. The van der Waals surface area contributed by atoms with Gasteiger partial charge in [0.25, 0.3) is 20.2 Å². The summed E-state index contributed by atoms with van der Waals surface area (Å²) in [4.78, 5) is 4.16. The zero-order valence-electron chi connectivity index (χ0n) is 11.6. The average Bonchev–Trinajstić information content (AvgIpc) is 2.24. The molecular weight excluding hydrogens is 306 g/mol. The molecule has 0 radical (unpaired) electrons. The minimum Gasteiger partial charge on any atom is -0.261 e. The van der Waals surface area contributed by atoms with Gasteiger partial charge in [-0.15, -0.1) is 0 Å². The smallest absolute Gasteiger partial charge is 0.261 e. The zero-order chi connectivity index (χ0) is 15.6. The molecule has 0 bridgehead atoms. The van der Waals surface area contributed by atoms with E-state index in [9.17, 15) is 16.8 Å². The van der Waals surface area contributed by atoms with Gasteiger partial charge in [0, 0.05) is 0 Å². The number of hydrogen-bond acceptors (Lipinski definition) is 7. The molecule has 0 amide bonds. The monoisotopic (exact) mass is 323 g/mol. The Morgan fingerprint density at radius 1 is 0.900 bits per heavy atom. The van der Waals surface area contributed by atoms with Crippen molar-refractivity contribution in [1.82, 2.24) is 4.98 Å². The third-order valence-corrected chi connectivity index (χ3v) is 3.54. The predicted octanol–water partition coefficient (Wildman–Crippen LogP) is 1.16. The van der Waals surface area contributed by atoms with Gasteiger partial charge in [0.2, 0.25) is 0 Å². The van der Waals surface area contributed by atoms with Crippen LogP contribution < -0.4 is 0 Å². The maximum atomic E-state index is 11.1. The number of aromatic nitrogens is 1. The van der Waals surface area contributed by atoms with Gasteiger partial charge in [0.15, 0.2) is 0 Å². The second kappa shape index (κ2) is 6.17. The molecule has 20 heavy (non-hydrogen) atoms. The Balaban J connectivity index is 2.96. The van der Waals surface area contributed by atoms with Crippen molar-refractivity contribution in [3.05, 3.63) is 29.6 Å². The molecule has 7 nitrogen and oxygen atoms in total. The van der Waals surface area contributed by atoms with Crippen molar-refractivity contribution < 1.29 is 25.2 Å². The first-order chi connectivity index (χ1) is 8.98. The molecule has 0 aliphatic heterocycles. The molecule has 0 saturated heterocycles. The lowest BCUT2D eigenvalue weighted by Gasteiger charge is -2.14. The standard InChI is InChI=1S/C11H17NO6S2/c1-8(17-19(3,13)14)10-6-5-7-11(12-10)9(2)18-20(4,15)16/h5-9H,1-4H3/t8-,9-/m0/s1. The van der Waals surface area contributed by atoms with Crippen molar-refractivity contribution in [1.29, 1.82) is 0 Å². The summed E-state index contributed by atoms with van der Waals surface area (Å²) < 4.78 is 53.9. The van der Waals surface area contributed by atoms with Crippen LogP contribution >= 0.6 is 0 Å². The van der Waals surface area contributed by atoms with E-state index in [0.717, 1.165) is 12.5 Å². The van der Waals surface area contributed by atoms with Crippen molar-refractivity contribution >= 4 is 20.2 Å². The van der Waals surface area contributed by atoms with Crippen molar-refractivity contribution in [2.24, 2.45) is 0 Å². The molecule has 1 heterocycles. The van der Waals surface area contributed by atoms with E-state index in [1.807, 2.05) is 0 Å². The van der Waals surface area contributed by atoms with E-state index in [0.29, 0.717) is 11.4 Å². The molecule has 0 saturated carbocycles. The summed E-state index contributed by atoms with van der Waals surface area (Å²) in [6.45, 7) is 3.07. The van der Waals surface area contributed by atoms with Gasteiger partial charge in [-0.3, -0.25) is 13.4 Å². The van der Waals surface area contributed by atoms with Crippen LogP contribution in [0.1, 0.15) is 37.4 Å². The maximum Gasteiger partial charge on any atom is 0.265 e. The molecule has 0 fully saturated rings. The van der Waals surface area contributed by atoms with Gasteiger partial charge in [0.05, 0.1) is 23.9 Å². The highest BCUT2D eigenvalue weighted by molar-refractivity contribution is 7.86. The van der Waals surface area contributed by atoms with Gasteiger partial charge in [-0.2, -0.15) is 16.8 Å². The maximum absolute atomic E-state index is 11.1. The third kappa shape index (κ3) is 5.95. The van der Waals surface area contributed by atoms with Gasteiger partial charge in [0.1, 0.15) is 12.2 Å². The Kier molecular flexibility index (Phi) is 5.25.